The maximum absolute atomic E-state index is 12.3. The number of imide groups is 1. The molecule has 2 heterocycles. The van der Waals surface area contributed by atoms with Crippen LogP contribution >= 0.6 is 0 Å². The van der Waals surface area contributed by atoms with Gasteiger partial charge in [0.05, 0.1) is 5.92 Å². The predicted octanol–water partition coefficient (Wildman–Crippen LogP) is 0.699. The predicted molar refractivity (Wildman–Crippen MR) is 90.4 cm³/mol. The number of carbonyl (C=O) groups excluding carboxylic acids is 4. The lowest BCUT2D eigenvalue weighted by molar-refractivity contribution is -0.137. The SMILES string of the molecule is CN1CC[C@@H](C(=O)Nc2ccc(C[C@H]3CC(=O)NC3=O)cc2)CC1=O. The molecule has 2 aliphatic rings. The monoisotopic (exact) mass is 343 g/mol. The zero-order chi connectivity index (χ0) is 18.0. The molecule has 0 aromatic heterocycles. The van der Waals surface area contributed by atoms with E-state index in [9.17, 15) is 19.2 Å². The summed E-state index contributed by atoms with van der Waals surface area (Å²) in [5, 5.41) is 5.14. The van der Waals surface area contributed by atoms with Gasteiger partial charge in [-0.2, -0.15) is 0 Å². The van der Waals surface area contributed by atoms with Gasteiger partial charge in [0.2, 0.25) is 23.6 Å². The summed E-state index contributed by atoms with van der Waals surface area (Å²) in [5.74, 6) is -1.23. The Hall–Kier alpha value is -2.70. The number of likely N-dealkylation sites (tertiary alicyclic amines) is 1. The molecule has 0 radical (unpaired) electrons. The Kier molecular flexibility index (Phi) is 4.83. The van der Waals surface area contributed by atoms with Gasteiger partial charge in [-0.25, -0.2) is 0 Å². The van der Waals surface area contributed by atoms with E-state index in [4.69, 9.17) is 0 Å². The largest absolute Gasteiger partial charge is 0.346 e. The first-order valence-electron chi connectivity index (χ1n) is 8.40. The zero-order valence-electron chi connectivity index (χ0n) is 14.1. The topological polar surface area (TPSA) is 95.6 Å². The highest BCUT2D eigenvalue weighted by Crippen LogP contribution is 2.21. The highest BCUT2D eigenvalue weighted by Gasteiger charge is 2.30. The number of piperidine rings is 1. The summed E-state index contributed by atoms with van der Waals surface area (Å²) >= 11 is 0. The van der Waals surface area contributed by atoms with Crippen molar-refractivity contribution in [3.63, 3.8) is 0 Å². The van der Waals surface area contributed by atoms with Crippen LogP contribution in [-0.2, 0) is 25.6 Å². The van der Waals surface area contributed by atoms with Gasteiger partial charge < -0.3 is 10.2 Å². The molecule has 7 heteroatoms. The van der Waals surface area contributed by atoms with Gasteiger partial charge >= 0.3 is 0 Å². The summed E-state index contributed by atoms with van der Waals surface area (Å²) in [7, 11) is 1.74. The van der Waals surface area contributed by atoms with Crippen LogP contribution in [0.15, 0.2) is 24.3 Å². The fourth-order valence-electron chi connectivity index (χ4n) is 3.19. The van der Waals surface area contributed by atoms with Crippen LogP contribution in [0.5, 0.6) is 0 Å². The molecule has 3 rings (SSSR count). The van der Waals surface area contributed by atoms with E-state index in [0.29, 0.717) is 25.1 Å². The van der Waals surface area contributed by atoms with Gasteiger partial charge in [0.25, 0.3) is 0 Å². The van der Waals surface area contributed by atoms with E-state index < -0.39 is 0 Å². The Morgan fingerprint density at radius 2 is 1.92 bits per heavy atom. The molecule has 7 nitrogen and oxygen atoms in total. The number of benzene rings is 1. The standard InChI is InChI=1S/C18H21N3O4/c1-21-7-6-12(10-16(21)23)17(24)19-14-4-2-11(3-5-14)8-13-9-15(22)20-18(13)25/h2-5,12-13H,6-10H2,1H3,(H,19,24)(H,20,22,25)/t12-,13+/m1/s1. The first-order chi connectivity index (χ1) is 11.9. The molecule has 25 heavy (non-hydrogen) atoms. The molecule has 2 saturated heterocycles. The minimum atomic E-state index is -0.321. The van der Waals surface area contributed by atoms with E-state index >= 15 is 0 Å². The fourth-order valence-corrected chi connectivity index (χ4v) is 3.19. The Morgan fingerprint density at radius 3 is 2.52 bits per heavy atom. The number of nitrogens with zero attached hydrogens (tertiary/aromatic N) is 1. The van der Waals surface area contributed by atoms with E-state index in [1.165, 1.54) is 0 Å². The van der Waals surface area contributed by atoms with Crippen LogP contribution in [0, 0.1) is 11.8 Å². The molecule has 132 valence electrons. The van der Waals surface area contributed by atoms with Crippen LogP contribution < -0.4 is 10.6 Å². The van der Waals surface area contributed by atoms with Crippen molar-refractivity contribution in [3.8, 4) is 0 Å². The maximum atomic E-state index is 12.3. The third kappa shape index (κ3) is 4.04. The van der Waals surface area contributed by atoms with Crippen molar-refractivity contribution in [1.29, 1.82) is 0 Å². The summed E-state index contributed by atoms with van der Waals surface area (Å²) in [4.78, 5) is 48.5. The van der Waals surface area contributed by atoms with Gasteiger partial charge in [-0.1, -0.05) is 12.1 Å². The van der Waals surface area contributed by atoms with Gasteiger partial charge in [-0.3, -0.25) is 24.5 Å². The summed E-state index contributed by atoms with van der Waals surface area (Å²) < 4.78 is 0. The molecule has 0 bridgehead atoms. The zero-order valence-corrected chi connectivity index (χ0v) is 14.1. The third-order valence-electron chi connectivity index (χ3n) is 4.80. The van der Waals surface area contributed by atoms with Crippen molar-refractivity contribution in [2.75, 3.05) is 18.9 Å². The molecular weight excluding hydrogens is 322 g/mol. The van der Waals surface area contributed by atoms with Crippen molar-refractivity contribution in [1.82, 2.24) is 10.2 Å². The van der Waals surface area contributed by atoms with Gasteiger partial charge in [0, 0.05) is 38.0 Å². The van der Waals surface area contributed by atoms with E-state index in [0.717, 1.165) is 5.56 Å². The second-order valence-electron chi connectivity index (χ2n) is 6.71. The highest BCUT2D eigenvalue weighted by molar-refractivity contribution is 6.03. The molecule has 2 atom stereocenters. The molecule has 2 fully saturated rings. The Bertz CT molecular complexity index is 714. The number of carbonyl (C=O) groups is 4. The highest BCUT2D eigenvalue weighted by atomic mass is 16.2. The lowest BCUT2D eigenvalue weighted by atomic mass is 9.95. The summed E-state index contributed by atoms with van der Waals surface area (Å²) in [6.07, 6.45) is 1.62. The first kappa shape index (κ1) is 17.1. The van der Waals surface area contributed by atoms with Crippen LogP contribution in [0.25, 0.3) is 0 Å². The molecule has 0 spiro atoms. The van der Waals surface area contributed by atoms with Crippen LogP contribution in [0.4, 0.5) is 5.69 Å². The molecule has 4 amide bonds. The van der Waals surface area contributed by atoms with Gasteiger partial charge in [0.1, 0.15) is 0 Å². The van der Waals surface area contributed by atoms with Crippen LogP contribution in [0.2, 0.25) is 0 Å². The lowest BCUT2D eigenvalue weighted by Crippen LogP contribution is -2.39. The van der Waals surface area contributed by atoms with Crippen molar-refractivity contribution in [2.45, 2.75) is 25.7 Å². The van der Waals surface area contributed by atoms with E-state index in [2.05, 4.69) is 10.6 Å². The molecule has 1 aromatic carbocycles. The van der Waals surface area contributed by atoms with E-state index in [1.54, 1.807) is 24.1 Å². The minimum Gasteiger partial charge on any atom is -0.346 e. The number of hydrogen-bond acceptors (Lipinski definition) is 4. The van der Waals surface area contributed by atoms with E-state index in [1.807, 2.05) is 12.1 Å². The number of nitrogens with one attached hydrogen (secondary N) is 2. The van der Waals surface area contributed by atoms with Crippen molar-refractivity contribution >= 4 is 29.3 Å². The number of hydrogen-bond donors (Lipinski definition) is 2. The summed E-state index contributed by atoms with van der Waals surface area (Å²) in [5.41, 5.74) is 1.59. The quantitative estimate of drug-likeness (QED) is 0.787. The Labute approximate surface area is 145 Å². The van der Waals surface area contributed by atoms with Gasteiger partial charge in [-0.05, 0) is 30.5 Å². The van der Waals surface area contributed by atoms with Gasteiger partial charge in [0.15, 0.2) is 0 Å². The van der Waals surface area contributed by atoms with Gasteiger partial charge in [-0.15, -0.1) is 0 Å². The molecule has 0 unspecified atom stereocenters. The van der Waals surface area contributed by atoms with Crippen molar-refractivity contribution < 1.29 is 19.2 Å². The molecule has 2 aliphatic heterocycles. The average molecular weight is 343 g/mol. The smallest absolute Gasteiger partial charge is 0.230 e. The first-order valence-corrected chi connectivity index (χ1v) is 8.40. The summed E-state index contributed by atoms with van der Waals surface area (Å²) in [6, 6.07) is 7.23. The van der Waals surface area contributed by atoms with Crippen LogP contribution in [0.3, 0.4) is 0 Å². The molecular formula is C18H21N3O4. The Morgan fingerprint density at radius 1 is 1.20 bits per heavy atom. The lowest BCUT2D eigenvalue weighted by Gasteiger charge is -2.27. The van der Waals surface area contributed by atoms with E-state index in [-0.39, 0.29) is 48.3 Å². The van der Waals surface area contributed by atoms with Crippen LogP contribution in [0.1, 0.15) is 24.8 Å². The van der Waals surface area contributed by atoms with Crippen molar-refractivity contribution in [3.05, 3.63) is 29.8 Å². The average Bonchev–Trinajstić information content (AvgIpc) is 2.89. The summed E-state index contributed by atoms with van der Waals surface area (Å²) in [6.45, 7) is 0.595. The molecule has 2 N–H and O–H groups in total. The second kappa shape index (κ2) is 7.04. The number of anilines is 1. The fraction of sp³-hybridized carbons (Fsp3) is 0.444. The normalized spacial score (nSPS) is 23.6. The molecule has 0 saturated carbocycles. The second-order valence-corrected chi connectivity index (χ2v) is 6.71. The number of amides is 4. The maximum Gasteiger partial charge on any atom is 0.230 e. The Balaban J connectivity index is 1.55. The third-order valence-corrected chi connectivity index (χ3v) is 4.80. The molecule has 1 aromatic rings. The molecule has 0 aliphatic carbocycles. The minimum absolute atomic E-state index is 0.00821. The van der Waals surface area contributed by atoms with Crippen LogP contribution in [-0.4, -0.2) is 42.1 Å². The van der Waals surface area contributed by atoms with Crippen molar-refractivity contribution in [2.24, 2.45) is 11.8 Å². The number of rotatable bonds is 4.